The Labute approximate surface area is 94.5 Å². The monoisotopic (exact) mass is 215 g/mol. The third kappa shape index (κ3) is 3.09. The van der Waals surface area contributed by atoms with Crippen molar-refractivity contribution in [1.29, 1.82) is 0 Å². The summed E-state index contributed by atoms with van der Waals surface area (Å²) in [7, 11) is 0. The van der Waals surface area contributed by atoms with Crippen molar-refractivity contribution in [3.8, 4) is 5.75 Å². The zero-order chi connectivity index (χ0) is 11.2. The molecule has 0 N–H and O–H groups in total. The number of benzene rings is 2. The molecule has 0 aromatic heterocycles. The van der Waals surface area contributed by atoms with Crippen molar-refractivity contribution in [2.75, 3.05) is 6.61 Å². The number of hydrogen-bond donors (Lipinski definition) is 0. The molecule has 0 aliphatic rings. The summed E-state index contributed by atoms with van der Waals surface area (Å²) in [4.78, 5) is 0. The van der Waals surface area contributed by atoms with Crippen molar-refractivity contribution in [3.05, 3.63) is 66.0 Å². The van der Waals surface area contributed by atoms with Crippen LogP contribution in [0.1, 0.15) is 5.56 Å². The van der Waals surface area contributed by atoms with E-state index >= 15 is 0 Å². The molecule has 2 heteroatoms. The lowest BCUT2D eigenvalue weighted by Gasteiger charge is -2.05. The molecule has 0 bridgehead atoms. The number of rotatable bonds is 4. The van der Waals surface area contributed by atoms with Gasteiger partial charge in [0.15, 0.2) is 0 Å². The topological polar surface area (TPSA) is 9.23 Å². The van der Waals surface area contributed by atoms with Crippen molar-refractivity contribution in [3.63, 3.8) is 0 Å². The predicted molar refractivity (Wildman–Crippen MR) is 60.9 cm³/mol. The van der Waals surface area contributed by atoms with Gasteiger partial charge in [0.05, 0.1) is 6.61 Å². The molecule has 0 atom stereocenters. The van der Waals surface area contributed by atoms with E-state index in [1.54, 1.807) is 12.1 Å². The van der Waals surface area contributed by atoms with Crippen LogP contribution < -0.4 is 4.74 Å². The first-order chi connectivity index (χ1) is 7.84. The van der Waals surface area contributed by atoms with Gasteiger partial charge in [-0.25, -0.2) is 4.39 Å². The van der Waals surface area contributed by atoms with Gasteiger partial charge in [-0.05, 0) is 35.9 Å². The van der Waals surface area contributed by atoms with Crippen molar-refractivity contribution in [2.45, 2.75) is 6.42 Å². The molecule has 0 aliphatic carbocycles. The molecule has 0 unspecified atom stereocenters. The molecule has 0 fully saturated rings. The molecule has 1 radical (unpaired) electrons. The largest absolute Gasteiger partial charge is 0.493 e. The third-order valence-electron chi connectivity index (χ3n) is 2.24. The minimum absolute atomic E-state index is 0.245. The highest BCUT2D eigenvalue weighted by atomic mass is 19.1. The van der Waals surface area contributed by atoms with Gasteiger partial charge in [-0.15, -0.1) is 0 Å². The van der Waals surface area contributed by atoms with Crippen LogP contribution in [0.15, 0.2) is 48.5 Å². The second-order valence-corrected chi connectivity index (χ2v) is 3.46. The van der Waals surface area contributed by atoms with Gasteiger partial charge in [0.2, 0.25) is 0 Å². The Morgan fingerprint density at radius 2 is 1.94 bits per heavy atom. The van der Waals surface area contributed by atoms with E-state index < -0.39 is 0 Å². The van der Waals surface area contributed by atoms with Crippen LogP contribution in [0.5, 0.6) is 5.75 Å². The number of halogens is 1. The van der Waals surface area contributed by atoms with Crippen molar-refractivity contribution >= 4 is 0 Å². The maximum Gasteiger partial charge on any atom is 0.123 e. The van der Waals surface area contributed by atoms with Gasteiger partial charge in [-0.3, -0.25) is 0 Å². The summed E-state index contributed by atoms with van der Waals surface area (Å²) >= 11 is 0. The van der Waals surface area contributed by atoms with Crippen LogP contribution in [0.4, 0.5) is 4.39 Å². The Hall–Kier alpha value is -1.83. The minimum Gasteiger partial charge on any atom is -0.493 e. The molecule has 0 spiro atoms. The van der Waals surface area contributed by atoms with E-state index in [4.69, 9.17) is 4.74 Å². The van der Waals surface area contributed by atoms with Gasteiger partial charge in [-0.1, -0.05) is 24.3 Å². The zero-order valence-corrected chi connectivity index (χ0v) is 8.82. The highest BCUT2D eigenvalue weighted by Crippen LogP contribution is 2.11. The van der Waals surface area contributed by atoms with Crippen LogP contribution in [0.3, 0.4) is 0 Å². The summed E-state index contributed by atoms with van der Waals surface area (Å²) in [6.45, 7) is 0.587. The lowest BCUT2D eigenvalue weighted by atomic mass is 10.2. The fourth-order valence-electron chi connectivity index (χ4n) is 1.40. The molecule has 2 aromatic rings. The van der Waals surface area contributed by atoms with Crippen LogP contribution in [-0.4, -0.2) is 6.61 Å². The molecular weight excluding hydrogens is 203 g/mol. The van der Waals surface area contributed by atoms with Gasteiger partial charge >= 0.3 is 0 Å². The van der Waals surface area contributed by atoms with E-state index in [9.17, 15) is 4.39 Å². The van der Waals surface area contributed by atoms with E-state index in [2.05, 4.69) is 6.07 Å². The van der Waals surface area contributed by atoms with E-state index in [-0.39, 0.29) is 5.82 Å². The van der Waals surface area contributed by atoms with E-state index in [1.165, 1.54) is 17.7 Å². The van der Waals surface area contributed by atoms with Crippen molar-refractivity contribution < 1.29 is 9.13 Å². The molecule has 0 saturated heterocycles. The zero-order valence-electron chi connectivity index (χ0n) is 8.82. The molecule has 0 saturated carbocycles. The van der Waals surface area contributed by atoms with Gasteiger partial charge in [0.1, 0.15) is 11.6 Å². The molecule has 2 aromatic carbocycles. The average Bonchev–Trinajstić information content (AvgIpc) is 2.33. The Balaban J connectivity index is 1.82. The standard InChI is InChI=1S/C14H12FO/c15-13-6-8-14(9-7-13)16-11-10-12-4-2-1-3-5-12/h1-2,4-9H,10-11H2. The smallest absolute Gasteiger partial charge is 0.123 e. The molecule has 81 valence electrons. The third-order valence-corrected chi connectivity index (χ3v) is 2.24. The molecule has 16 heavy (non-hydrogen) atoms. The molecule has 0 heterocycles. The van der Waals surface area contributed by atoms with Crippen molar-refractivity contribution in [2.24, 2.45) is 0 Å². The lowest BCUT2D eigenvalue weighted by molar-refractivity contribution is 0.321. The Morgan fingerprint density at radius 3 is 2.62 bits per heavy atom. The maximum absolute atomic E-state index is 12.6. The summed E-state index contributed by atoms with van der Waals surface area (Å²) in [5.41, 5.74) is 1.18. The van der Waals surface area contributed by atoms with Crippen LogP contribution in [0.2, 0.25) is 0 Å². The normalized spacial score (nSPS) is 10.1. The first kappa shape index (κ1) is 10.7. The number of ether oxygens (including phenoxy) is 1. The van der Waals surface area contributed by atoms with E-state index in [0.717, 1.165) is 6.42 Å². The average molecular weight is 215 g/mol. The van der Waals surface area contributed by atoms with E-state index in [1.807, 2.05) is 24.3 Å². The second kappa shape index (κ2) is 5.31. The SMILES string of the molecule is Fc1ccc(OCCc2c[c]ccc2)cc1. The first-order valence-corrected chi connectivity index (χ1v) is 5.18. The molecule has 2 rings (SSSR count). The maximum atomic E-state index is 12.6. The highest BCUT2D eigenvalue weighted by Gasteiger charge is 1.95. The summed E-state index contributed by atoms with van der Waals surface area (Å²) in [6, 6.07) is 16.9. The van der Waals surface area contributed by atoms with E-state index in [0.29, 0.717) is 12.4 Å². The fourth-order valence-corrected chi connectivity index (χ4v) is 1.40. The summed E-state index contributed by atoms with van der Waals surface area (Å²) < 4.78 is 18.1. The van der Waals surface area contributed by atoms with Crippen LogP contribution >= 0.6 is 0 Å². The highest BCUT2D eigenvalue weighted by molar-refractivity contribution is 5.22. The summed E-state index contributed by atoms with van der Waals surface area (Å²) in [6.07, 6.45) is 0.828. The molecule has 1 nitrogen and oxygen atoms in total. The predicted octanol–water partition coefficient (Wildman–Crippen LogP) is 3.25. The summed E-state index contributed by atoms with van der Waals surface area (Å²) in [5.74, 6) is 0.450. The van der Waals surface area contributed by atoms with Gasteiger partial charge in [0, 0.05) is 6.42 Å². The Morgan fingerprint density at radius 1 is 1.12 bits per heavy atom. The Kier molecular flexibility index (Phi) is 3.54. The number of hydrogen-bond acceptors (Lipinski definition) is 1. The quantitative estimate of drug-likeness (QED) is 0.760. The second-order valence-electron chi connectivity index (χ2n) is 3.46. The first-order valence-electron chi connectivity index (χ1n) is 5.18. The van der Waals surface area contributed by atoms with Crippen molar-refractivity contribution in [1.82, 2.24) is 0 Å². The van der Waals surface area contributed by atoms with Crippen LogP contribution in [-0.2, 0) is 6.42 Å². The van der Waals surface area contributed by atoms with Gasteiger partial charge in [0.25, 0.3) is 0 Å². The Bertz CT molecular complexity index is 422. The fraction of sp³-hybridized carbons (Fsp3) is 0.143. The van der Waals surface area contributed by atoms with Crippen LogP contribution in [0.25, 0.3) is 0 Å². The molecule has 0 aliphatic heterocycles. The van der Waals surface area contributed by atoms with Crippen LogP contribution in [0, 0.1) is 11.9 Å². The lowest BCUT2D eigenvalue weighted by Crippen LogP contribution is -2.01. The summed E-state index contributed by atoms with van der Waals surface area (Å²) in [5, 5.41) is 0. The van der Waals surface area contributed by atoms with Gasteiger partial charge in [-0.2, -0.15) is 0 Å². The molecular formula is C14H12FO. The minimum atomic E-state index is -0.245. The molecule has 0 amide bonds. The van der Waals surface area contributed by atoms with Gasteiger partial charge < -0.3 is 4.74 Å².